The first-order chi connectivity index (χ1) is 19.2. The Morgan fingerprint density at radius 3 is 2.17 bits per heavy atom. The summed E-state index contributed by atoms with van der Waals surface area (Å²) in [5.74, 6) is 3.66. The molecule has 6 atom stereocenters. The minimum Gasteiger partial charge on any atom is -0.423 e. The molecular formula is C35H34O5. The van der Waals surface area contributed by atoms with Crippen molar-refractivity contribution in [3.8, 4) is 23.8 Å². The van der Waals surface area contributed by atoms with Crippen molar-refractivity contribution in [2.75, 3.05) is 0 Å². The third kappa shape index (κ3) is 4.22. The van der Waals surface area contributed by atoms with Gasteiger partial charge < -0.3 is 14.6 Å². The summed E-state index contributed by atoms with van der Waals surface area (Å²) in [6.07, 6.45) is 9.74. The van der Waals surface area contributed by atoms with Crippen LogP contribution in [-0.2, 0) is 6.42 Å². The van der Waals surface area contributed by atoms with Crippen molar-refractivity contribution in [1.82, 2.24) is 0 Å². The number of terminal acetylenes is 1. The molecule has 3 aromatic carbocycles. The van der Waals surface area contributed by atoms with Crippen LogP contribution in [0.15, 0.2) is 72.8 Å². The Hall–Kier alpha value is -3.88. The highest BCUT2D eigenvalue weighted by Gasteiger charge is 2.62. The topological polar surface area (TPSA) is 72.8 Å². The van der Waals surface area contributed by atoms with Crippen molar-refractivity contribution in [2.24, 2.45) is 23.2 Å². The third-order valence-electron chi connectivity index (χ3n) is 9.93. The van der Waals surface area contributed by atoms with Crippen LogP contribution in [0.2, 0.25) is 0 Å². The second-order valence-corrected chi connectivity index (χ2v) is 12.0. The number of fused-ring (bicyclic) bond motifs is 5. The quantitative estimate of drug-likeness (QED) is 0.232. The van der Waals surface area contributed by atoms with E-state index >= 15 is 0 Å². The second kappa shape index (κ2) is 9.94. The lowest BCUT2D eigenvalue weighted by Crippen LogP contribution is -2.51. The van der Waals surface area contributed by atoms with E-state index in [0.29, 0.717) is 40.9 Å². The van der Waals surface area contributed by atoms with E-state index < -0.39 is 17.5 Å². The maximum atomic E-state index is 13.3. The van der Waals surface area contributed by atoms with E-state index in [1.54, 1.807) is 54.6 Å². The van der Waals surface area contributed by atoms with Crippen LogP contribution in [0, 0.1) is 35.5 Å². The Balaban J connectivity index is 1.40. The zero-order valence-corrected chi connectivity index (χ0v) is 22.9. The van der Waals surface area contributed by atoms with Gasteiger partial charge in [-0.15, -0.1) is 6.42 Å². The fourth-order valence-corrected chi connectivity index (χ4v) is 7.93. The standard InChI is InChI=1S/C35H34O5/c1-4-35(38)18-16-28-30-22(2)19-25-20-26(39-32(36)23-11-7-5-8-12-23)21-29(31(25)27(30)15-17-34(28,35)3)40-33(37)24-13-9-6-10-14-24/h1,5-14,20-22,27-28,30,38H,15-19H2,2-3H3. The maximum absolute atomic E-state index is 13.3. The van der Waals surface area contributed by atoms with Crippen molar-refractivity contribution in [2.45, 2.75) is 57.5 Å². The zero-order valence-electron chi connectivity index (χ0n) is 22.9. The first-order valence-corrected chi connectivity index (χ1v) is 14.2. The molecule has 5 nitrogen and oxygen atoms in total. The zero-order chi connectivity index (χ0) is 28.1. The number of esters is 2. The van der Waals surface area contributed by atoms with Gasteiger partial charge in [0.2, 0.25) is 0 Å². The SMILES string of the molecule is C#CC1(O)CCC2C3C(C)Cc4cc(OC(=O)c5ccccc5)cc(OC(=O)c5ccccc5)c4C3CCC21C. The Labute approximate surface area is 235 Å². The predicted molar refractivity (Wildman–Crippen MR) is 152 cm³/mol. The Morgan fingerprint density at radius 2 is 1.55 bits per heavy atom. The molecule has 5 heteroatoms. The third-order valence-corrected chi connectivity index (χ3v) is 9.93. The fourth-order valence-electron chi connectivity index (χ4n) is 7.93. The molecule has 6 unspecified atom stereocenters. The number of rotatable bonds is 4. The first-order valence-electron chi connectivity index (χ1n) is 14.2. The lowest BCUT2D eigenvalue weighted by molar-refractivity contribution is -0.0735. The van der Waals surface area contributed by atoms with Crippen molar-refractivity contribution in [3.05, 3.63) is 95.1 Å². The van der Waals surface area contributed by atoms with E-state index in [9.17, 15) is 14.7 Å². The van der Waals surface area contributed by atoms with E-state index in [2.05, 4.69) is 19.8 Å². The van der Waals surface area contributed by atoms with E-state index in [0.717, 1.165) is 36.8 Å². The Morgan fingerprint density at radius 1 is 0.925 bits per heavy atom. The molecule has 3 aliphatic carbocycles. The highest BCUT2D eigenvalue weighted by molar-refractivity contribution is 5.92. The summed E-state index contributed by atoms with van der Waals surface area (Å²) in [4.78, 5) is 26.2. The van der Waals surface area contributed by atoms with E-state index in [1.807, 2.05) is 18.2 Å². The van der Waals surface area contributed by atoms with Crippen LogP contribution in [0.4, 0.5) is 0 Å². The van der Waals surface area contributed by atoms with Gasteiger partial charge in [-0.2, -0.15) is 0 Å². The summed E-state index contributed by atoms with van der Waals surface area (Å²) in [7, 11) is 0. The fraction of sp³-hybridized carbons (Fsp3) is 0.371. The average Bonchev–Trinajstić information content (AvgIpc) is 3.24. The molecule has 3 aliphatic rings. The van der Waals surface area contributed by atoms with Gasteiger partial charge in [-0.05, 0) is 91.7 Å². The number of carbonyl (C=O) groups excluding carboxylic acids is 2. The number of ether oxygens (including phenoxy) is 2. The van der Waals surface area contributed by atoms with Gasteiger partial charge in [0.05, 0.1) is 11.1 Å². The molecule has 0 amide bonds. The molecule has 6 rings (SSSR count). The summed E-state index contributed by atoms with van der Waals surface area (Å²) in [6.45, 7) is 4.42. The van der Waals surface area contributed by atoms with Crippen molar-refractivity contribution in [3.63, 3.8) is 0 Å². The minimum absolute atomic E-state index is 0.148. The Bertz CT molecular complexity index is 1490. The van der Waals surface area contributed by atoms with Gasteiger partial charge in [0, 0.05) is 17.0 Å². The summed E-state index contributed by atoms with van der Waals surface area (Å²) in [5, 5.41) is 11.4. The van der Waals surface area contributed by atoms with Gasteiger partial charge in [-0.25, -0.2) is 9.59 Å². The number of carbonyl (C=O) groups is 2. The van der Waals surface area contributed by atoms with Gasteiger partial charge in [-0.1, -0.05) is 56.2 Å². The molecule has 0 saturated heterocycles. The van der Waals surface area contributed by atoms with Crippen LogP contribution in [-0.4, -0.2) is 22.6 Å². The summed E-state index contributed by atoms with van der Waals surface area (Å²) < 4.78 is 11.9. The summed E-state index contributed by atoms with van der Waals surface area (Å²) >= 11 is 0. The van der Waals surface area contributed by atoms with Gasteiger partial charge in [-0.3, -0.25) is 0 Å². The molecule has 0 radical (unpaired) electrons. The van der Waals surface area contributed by atoms with E-state index in [-0.39, 0.29) is 17.3 Å². The van der Waals surface area contributed by atoms with Crippen molar-refractivity contribution < 1.29 is 24.2 Å². The average molecular weight is 535 g/mol. The smallest absolute Gasteiger partial charge is 0.343 e. The van der Waals surface area contributed by atoms with Crippen molar-refractivity contribution >= 4 is 11.9 Å². The van der Waals surface area contributed by atoms with Gasteiger partial charge in [0.15, 0.2) is 0 Å². The Kier molecular flexibility index (Phi) is 6.55. The number of hydrogen-bond acceptors (Lipinski definition) is 5. The van der Waals surface area contributed by atoms with Crippen LogP contribution < -0.4 is 9.47 Å². The van der Waals surface area contributed by atoms with Crippen LogP contribution in [0.3, 0.4) is 0 Å². The van der Waals surface area contributed by atoms with Crippen molar-refractivity contribution in [1.29, 1.82) is 0 Å². The van der Waals surface area contributed by atoms with Crippen LogP contribution in [0.1, 0.15) is 77.3 Å². The molecule has 0 bridgehead atoms. The number of benzene rings is 3. The van der Waals surface area contributed by atoms with E-state index in [4.69, 9.17) is 15.9 Å². The lowest BCUT2D eigenvalue weighted by atomic mass is 9.51. The molecule has 1 N–H and O–H groups in total. The lowest BCUT2D eigenvalue weighted by Gasteiger charge is -2.54. The second-order valence-electron chi connectivity index (χ2n) is 12.0. The molecule has 0 aliphatic heterocycles. The molecule has 2 saturated carbocycles. The predicted octanol–water partition coefficient (Wildman–Crippen LogP) is 6.59. The molecule has 40 heavy (non-hydrogen) atoms. The monoisotopic (exact) mass is 534 g/mol. The molecule has 2 fully saturated rings. The molecule has 204 valence electrons. The highest BCUT2D eigenvalue weighted by Crippen LogP contribution is 2.66. The largest absolute Gasteiger partial charge is 0.423 e. The molecular weight excluding hydrogens is 500 g/mol. The van der Waals surface area contributed by atoms with E-state index in [1.165, 1.54) is 0 Å². The summed E-state index contributed by atoms with van der Waals surface area (Å²) in [5.41, 5.74) is 1.52. The first kappa shape index (κ1) is 26.3. The molecule has 0 aromatic heterocycles. The van der Waals surface area contributed by atoms with Crippen LogP contribution in [0.5, 0.6) is 11.5 Å². The number of aliphatic hydroxyl groups is 1. The number of hydrogen-bond donors (Lipinski definition) is 1. The van der Waals surface area contributed by atoms with Crippen LogP contribution >= 0.6 is 0 Å². The van der Waals surface area contributed by atoms with Gasteiger partial charge in [0.25, 0.3) is 0 Å². The normalized spacial score (nSPS) is 30.2. The minimum atomic E-state index is -1.10. The molecule has 0 heterocycles. The van der Waals surface area contributed by atoms with Gasteiger partial charge >= 0.3 is 11.9 Å². The molecule has 3 aromatic rings. The summed E-state index contributed by atoms with van der Waals surface area (Å²) in [6, 6.07) is 21.4. The highest BCUT2D eigenvalue weighted by atomic mass is 16.5. The van der Waals surface area contributed by atoms with Crippen LogP contribution in [0.25, 0.3) is 0 Å². The maximum Gasteiger partial charge on any atom is 0.343 e. The van der Waals surface area contributed by atoms with Gasteiger partial charge in [0.1, 0.15) is 17.1 Å². The molecule has 0 spiro atoms.